The van der Waals surface area contributed by atoms with Crippen LogP contribution in [-0.2, 0) is 33.0 Å². The smallest absolute Gasteiger partial charge is 0.305 e. The molecule has 0 aromatic heterocycles. The third-order valence-corrected chi connectivity index (χ3v) is 10.4. The molecule has 1 heterocycles. The maximum absolute atomic E-state index is 12.7. The molecule has 31 heavy (non-hydrogen) atoms. The zero-order valence-electron chi connectivity index (χ0n) is 20.2. The van der Waals surface area contributed by atoms with Crippen molar-refractivity contribution >= 4 is 26.0 Å². The summed E-state index contributed by atoms with van der Waals surface area (Å²) in [4.78, 5) is 36.2. The summed E-state index contributed by atoms with van der Waals surface area (Å²) in [6.07, 6.45) is 4.14. The molecular formula is C23H38O7Si. The van der Waals surface area contributed by atoms with Crippen LogP contribution >= 0.6 is 0 Å². The highest BCUT2D eigenvalue weighted by atomic mass is 28.4. The summed E-state index contributed by atoms with van der Waals surface area (Å²) in [5, 5.41) is -0.0591. The second kappa shape index (κ2) is 10.7. The summed E-state index contributed by atoms with van der Waals surface area (Å²) >= 11 is 0. The highest BCUT2D eigenvalue weighted by molar-refractivity contribution is 6.74. The molecule has 176 valence electrons. The van der Waals surface area contributed by atoms with Crippen LogP contribution in [0.25, 0.3) is 0 Å². The largest absolute Gasteiger partial charge is 0.462 e. The van der Waals surface area contributed by atoms with Crippen LogP contribution in [0, 0.1) is 5.92 Å². The van der Waals surface area contributed by atoms with Crippen molar-refractivity contribution < 1.29 is 33.0 Å². The van der Waals surface area contributed by atoms with E-state index in [0.29, 0.717) is 12.8 Å². The Labute approximate surface area is 187 Å². The molecule has 7 nitrogen and oxygen atoms in total. The second-order valence-electron chi connectivity index (χ2n) is 9.60. The van der Waals surface area contributed by atoms with Crippen molar-refractivity contribution in [3.05, 3.63) is 24.8 Å². The monoisotopic (exact) mass is 454 g/mol. The summed E-state index contributed by atoms with van der Waals surface area (Å²) in [7, 11) is -2.18. The average Bonchev–Trinajstić information content (AvgIpc) is 2.63. The molecule has 0 radical (unpaired) electrons. The van der Waals surface area contributed by atoms with E-state index in [1.807, 2.05) is 0 Å². The Hall–Kier alpha value is -1.77. The standard InChI is InChI=1S/C23H38O7Si/c1-10-11-12-20(28-17(3)24)16(2)21-19(26)13-14-23(30-21,29-18(4)25)15-27-31(8,9)22(5,6)7/h10,13-14,16,20-21H,1,11-12,15H2,2-9H3/t16-,20+,21+,23?/m1/s1. The first-order chi connectivity index (χ1) is 14.1. The fourth-order valence-corrected chi connectivity index (χ4v) is 4.01. The van der Waals surface area contributed by atoms with E-state index in [1.54, 1.807) is 13.0 Å². The minimum atomic E-state index is -2.18. The molecule has 0 aliphatic carbocycles. The molecule has 1 rings (SSSR count). The lowest BCUT2D eigenvalue weighted by atomic mass is 9.90. The molecule has 0 bridgehead atoms. The van der Waals surface area contributed by atoms with Crippen molar-refractivity contribution in [3.8, 4) is 0 Å². The number of carbonyl (C=O) groups is 3. The lowest BCUT2D eigenvalue weighted by Crippen LogP contribution is -2.54. The number of ketones is 1. The lowest BCUT2D eigenvalue weighted by molar-refractivity contribution is -0.246. The van der Waals surface area contributed by atoms with Crippen LogP contribution in [0.5, 0.6) is 0 Å². The zero-order chi connectivity index (χ0) is 24.0. The summed E-state index contributed by atoms with van der Waals surface area (Å²) in [6, 6.07) is 0. The fourth-order valence-electron chi connectivity index (χ4n) is 3.01. The molecule has 0 N–H and O–H groups in total. The van der Waals surface area contributed by atoms with Gasteiger partial charge in [-0.15, -0.1) is 6.58 Å². The third-order valence-electron chi connectivity index (χ3n) is 5.90. The SMILES string of the molecule is C=CCC[C@H](OC(C)=O)[C@@H](C)[C@@H]1OC(CO[Si](C)(C)C(C)(C)C)(OC(C)=O)C=CC1=O. The molecule has 0 amide bonds. The first-order valence-corrected chi connectivity index (χ1v) is 13.6. The Morgan fingerprint density at radius 1 is 1.29 bits per heavy atom. The van der Waals surface area contributed by atoms with E-state index >= 15 is 0 Å². The van der Waals surface area contributed by atoms with Crippen LogP contribution in [0.3, 0.4) is 0 Å². The van der Waals surface area contributed by atoms with Crippen LogP contribution in [0.15, 0.2) is 24.8 Å². The molecule has 0 saturated heterocycles. The molecule has 1 aliphatic heterocycles. The molecule has 4 atom stereocenters. The first-order valence-electron chi connectivity index (χ1n) is 10.7. The highest BCUT2D eigenvalue weighted by Crippen LogP contribution is 2.38. The number of carbonyl (C=O) groups excluding carboxylic acids is 3. The lowest BCUT2D eigenvalue weighted by Gasteiger charge is -2.42. The topological polar surface area (TPSA) is 88.1 Å². The van der Waals surface area contributed by atoms with E-state index < -0.39 is 44.2 Å². The Kier molecular flexibility index (Phi) is 9.41. The van der Waals surface area contributed by atoms with Gasteiger partial charge < -0.3 is 18.6 Å². The van der Waals surface area contributed by atoms with Gasteiger partial charge in [-0.1, -0.05) is 33.8 Å². The van der Waals surface area contributed by atoms with Crippen LogP contribution < -0.4 is 0 Å². The Morgan fingerprint density at radius 3 is 2.39 bits per heavy atom. The number of hydrogen-bond donors (Lipinski definition) is 0. The van der Waals surface area contributed by atoms with Crippen molar-refractivity contribution in [1.82, 2.24) is 0 Å². The quantitative estimate of drug-likeness (QED) is 0.276. The summed E-state index contributed by atoms with van der Waals surface area (Å²) in [5.41, 5.74) is 0. The van der Waals surface area contributed by atoms with Crippen LogP contribution in [0.2, 0.25) is 18.1 Å². The Balaban J connectivity index is 3.18. The van der Waals surface area contributed by atoms with Crippen LogP contribution in [-0.4, -0.2) is 50.6 Å². The molecule has 0 saturated carbocycles. The van der Waals surface area contributed by atoms with E-state index in [-0.39, 0.29) is 17.4 Å². The maximum atomic E-state index is 12.7. The summed E-state index contributed by atoms with van der Waals surface area (Å²) in [6.45, 7) is 18.5. The fraction of sp³-hybridized carbons (Fsp3) is 0.696. The van der Waals surface area contributed by atoms with Crippen molar-refractivity contribution in [2.45, 2.75) is 90.5 Å². The summed E-state index contributed by atoms with van der Waals surface area (Å²) in [5.74, 6) is -3.25. The van der Waals surface area contributed by atoms with E-state index in [9.17, 15) is 14.4 Å². The highest BCUT2D eigenvalue weighted by Gasteiger charge is 2.47. The average molecular weight is 455 g/mol. The van der Waals surface area contributed by atoms with Gasteiger partial charge in [0.05, 0.1) is 0 Å². The number of hydrogen-bond acceptors (Lipinski definition) is 7. The van der Waals surface area contributed by atoms with Crippen LogP contribution in [0.1, 0.15) is 54.4 Å². The van der Waals surface area contributed by atoms with Crippen molar-refractivity contribution in [3.63, 3.8) is 0 Å². The van der Waals surface area contributed by atoms with E-state index in [4.69, 9.17) is 18.6 Å². The second-order valence-corrected chi connectivity index (χ2v) is 14.4. The molecule has 1 unspecified atom stereocenters. The molecule has 0 fully saturated rings. The van der Waals surface area contributed by atoms with Gasteiger partial charge in [-0.25, -0.2) is 0 Å². The number of esters is 2. The van der Waals surface area contributed by atoms with Gasteiger partial charge in [0.2, 0.25) is 0 Å². The first kappa shape index (κ1) is 27.3. The number of ether oxygens (including phenoxy) is 3. The van der Waals surface area contributed by atoms with Crippen molar-refractivity contribution in [1.29, 1.82) is 0 Å². The van der Waals surface area contributed by atoms with Gasteiger partial charge in [-0.3, -0.25) is 14.4 Å². The predicted molar refractivity (Wildman–Crippen MR) is 121 cm³/mol. The predicted octanol–water partition coefficient (Wildman–Crippen LogP) is 4.33. The molecule has 8 heteroatoms. The van der Waals surface area contributed by atoms with Gasteiger partial charge in [-0.05, 0) is 43.1 Å². The van der Waals surface area contributed by atoms with E-state index in [2.05, 4.69) is 40.4 Å². The molecule has 0 aromatic rings. The Bertz CT molecular complexity index is 707. The minimum Gasteiger partial charge on any atom is -0.462 e. The normalized spacial score (nSPS) is 23.7. The van der Waals surface area contributed by atoms with Gasteiger partial charge in [0.15, 0.2) is 14.1 Å². The third kappa shape index (κ3) is 7.70. The van der Waals surface area contributed by atoms with Gasteiger partial charge in [0.1, 0.15) is 18.8 Å². The van der Waals surface area contributed by atoms with Crippen molar-refractivity contribution in [2.75, 3.05) is 6.61 Å². The number of rotatable bonds is 10. The van der Waals surface area contributed by atoms with Gasteiger partial charge >= 0.3 is 11.9 Å². The molecular weight excluding hydrogens is 416 g/mol. The van der Waals surface area contributed by atoms with E-state index in [1.165, 1.54) is 26.0 Å². The van der Waals surface area contributed by atoms with Crippen molar-refractivity contribution in [2.24, 2.45) is 5.92 Å². The van der Waals surface area contributed by atoms with E-state index in [0.717, 1.165) is 0 Å². The molecule has 0 aromatic carbocycles. The van der Waals surface area contributed by atoms with Crippen LogP contribution in [0.4, 0.5) is 0 Å². The maximum Gasteiger partial charge on any atom is 0.305 e. The number of allylic oxidation sites excluding steroid dienone is 1. The van der Waals surface area contributed by atoms with Gasteiger partial charge in [0.25, 0.3) is 5.79 Å². The minimum absolute atomic E-state index is 0.0268. The molecule has 1 aliphatic rings. The Morgan fingerprint density at radius 2 is 1.90 bits per heavy atom. The van der Waals surface area contributed by atoms with Gasteiger partial charge in [-0.2, -0.15) is 0 Å². The van der Waals surface area contributed by atoms with Gasteiger partial charge in [0, 0.05) is 19.8 Å². The molecule has 0 spiro atoms. The zero-order valence-corrected chi connectivity index (χ0v) is 21.2. The summed E-state index contributed by atoms with van der Waals surface area (Å²) < 4.78 is 23.4.